The maximum atomic E-state index is 12.5. The molecule has 1 saturated heterocycles. The predicted octanol–water partition coefficient (Wildman–Crippen LogP) is 1.65. The molecule has 0 radical (unpaired) electrons. The molecule has 2 aromatic rings. The fourth-order valence-electron chi connectivity index (χ4n) is 2.67. The molecule has 1 atom stereocenters. The normalized spacial score (nSPS) is 20.3. The number of imide groups is 1. The molecule has 2 N–H and O–H groups in total. The summed E-state index contributed by atoms with van der Waals surface area (Å²) in [5.74, 6) is -0.474. The van der Waals surface area contributed by atoms with E-state index in [0.717, 1.165) is 4.47 Å². The molecule has 0 bridgehead atoms. The Balaban J connectivity index is 2.12. The third kappa shape index (κ3) is 2.68. The predicted molar refractivity (Wildman–Crippen MR) is 87.9 cm³/mol. The van der Waals surface area contributed by atoms with Crippen molar-refractivity contribution in [1.82, 2.24) is 15.2 Å². The first kappa shape index (κ1) is 15.5. The highest BCUT2D eigenvalue weighted by atomic mass is 79.9. The minimum absolute atomic E-state index is 0.0206. The number of hydrogen-bond donors (Lipinski definition) is 2. The van der Waals surface area contributed by atoms with Crippen LogP contribution < -0.4 is 16.2 Å². The third-order valence-corrected chi connectivity index (χ3v) is 4.43. The van der Waals surface area contributed by atoms with Crippen molar-refractivity contribution in [2.24, 2.45) is 0 Å². The average molecular weight is 376 g/mol. The van der Waals surface area contributed by atoms with Crippen molar-refractivity contribution in [3.8, 4) is 0 Å². The maximum Gasteiger partial charge on any atom is 0.322 e. The number of benzene rings is 1. The summed E-state index contributed by atoms with van der Waals surface area (Å²) in [6.07, 6.45) is 1.60. The van der Waals surface area contributed by atoms with Gasteiger partial charge in [-0.05, 0) is 30.7 Å². The van der Waals surface area contributed by atoms with Crippen LogP contribution in [0, 0.1) is 6.92 Å². The van der Waals surface area contributed by atoms with Gasteiger partial charge in [0.25, 0.3) is 11.5 Å². The first-order valence-corrected chi connectivity index (χ1v) is 7.77. The fourth-order valence-corrected chi connectivity index (χ4v) is 2.93. The fraction of sp³-hybridized carbons (Fsp3) is 0.188. The molecule has 0 aliphatic carbocycles. The third-order valence-electron chi connectivity index (χ3n) is 3.90. The molecule has 0 spiro atoms. The number of halogens is 1. The van der Waals surface area contributed by atoms with Gasteiger partial charge in [-0.15, -0.1) is 0 Å². The van der Waals surface area contributed by atoms with E-state index in [0.29, 0.717) is 11.1 Å². The highest BCUT2D eigenvalue weighted by Crippen LogP contribution is 2.28. The number of amides is 3. The number of carbonyl (C=O) groups is 2. The van der Waals surface area contributed by atoms with E-state index in [-0.39, 0.29) is 12.1 Å². The topological polar surface area (TPSA) is 80.2 Å². The van der Waals surface area contributed by atoms with Crippen molar-refractivity contribution in [2.75, 3.05) is 0 Å². The molecule has 6 nitrogen and oxygen atoms in total. The SMILES string of the molecule is Cc1cccn(CC2(c3ccc(Br)cc3)NC(=O)NC2=O)c1=O. The molecule has 118 valence electrons. The zero-order valence-electron chi connectivity index (χ0n) is 12.3. The van der Waals surface area contributed by atoms with Crippen LogP contribution in [0.5, 0.6) is 0 Å². The van der Waals surface area contributed by atoms with E-state index < -0.39 is 17.5 Å². The lowest BCUT2D eigenvalue weighted by Gasteiger charge is -2.27. The van der Waals surface area contributed by atoms with Gasteiger partial charge in [0.05, 0.1) is 6.54 Å². The second kappa shape index (κ2) is 5.66. The quantitative estimate of drug-likeness (QED) is 0.800. The Bertz CT molecular complexity index is 844. The van der Waals surface area contributed by atoms with Gasteiger partial charge in [0.2, 0.25) is 0 Å². The number of aromatic nitrogens is 1. The van der Waals surface area contributed by atoms with Crippen LogP contribution in [0.4, 0.5) is 4.79 Å². The van der Waals surface area contributed by atoms with E-state index in [1.807, 2.05) is 0 Å². The van der Waals surface area contributed by atoms with E-state index in [4.69, 9.17) is 0 Å². The maximum absolute atomic E-state index is 12.5. The van der Waals surface area contributed by atoms with Gasteiger partial charge in [0.15, 0.2) is 5.54 Å². The van der Waals surface area contributed by atoms with Crippen LogP contribution in [0.1, 0.15) is 11.1 Å². The summed E-state index contributed by atoms with van der Waals surface area (Å²) in [5.41, 5.74) is -0.325. The Hall–Kier alpha value is -2.41. The summed E-state index contributed by atoms with van der Waals surface area (Å²) < 4.78 is 2.29. The Morgan fingerprint density at radius 1 is 1.13 bits per heavy atom. The molecule has 3 rings (SSSR count). The van der Waals surface area contributed by atoms with Crippen molar-refractivity contribution >= 4 is 27.9 Å². The Morgan fingerprint density at radius 3 is 2.43 bits per heavy atom. The number of carbonyl (C=O) groups excluding carboxylic acids is 2. The molecule has 1 fully saturated rings. The van der Waals surface area contributed by atoms with Crippen LogP contribution in [0.15, 0.2) is 51.9 Å². The van der Waals surface area contributed by atoms with Crippen molar-refractivity contribution in [3.63, 3.8) is 0 Å². The summed E-state index contributed by atoms with van der Waals surface area (Å²) in [5, 5.41) is 4.93. The smallest absolute Gasteiger partial charge is 0.318 e. The summed E-state index contributed by atoms with van der Waals surface area (Å²) >= 11 is 3.34. The Kier molecular flexibility index (Phi) is 3.81. The summed E-state index contributed by atoms with van der Waals surface area (Å²) in [4.78, 5) is 36.5. The van der Waals surface area contributed by atoms with E-state index in [1.165, 1.54) is 4.57 Å². The number of urea groups is 1. The molecule has 1 aliphatic rings. The lowest BCUT2D eigenvalue weighted by molar-refractivity contribution is -0.124. The Morgan fingerprint density at radius 2 is 1.83 bits per heavy atom. The number of nitrogens with zero attached hydrogens (tertiary/aromatic N) is 1. The van der Waals surface area contributed by atoms with Gasteiger partial charge < -0.3 is 9.88 Å². The molecule has 1 aromatic heterocycles. The van der Waals surface area contributed by atoms with E-state index in [1.54, 1.807) is 49.5 Å². The van der Waals surface area contributed by atoms with Crippen LogP contribution in [0.3, 0.4) is 0 Å². The van der Waals surface area contributed by atoms with E-state index >= 15 is 0 Å². The standard InChI is InChI=1S/C16H14BrN3O3/c1-10-3-2-8-20(13(10)21)9-16(14(22)18-15(23)19-16)11-4-6-12(17)7-5-11/h2-8H,9H2,1H3,(H2,18,19,22,23). The second-order valence-corrected chi connectivity index (χ2v) is 6.36. The number of aryl methyl sites for hydroxylation is 1. The van der Waals surface area contributed by atoms with Gasteiger partial charge in [0.1, 0.15) is 0 Å². The second-order valence-electron chi connectivity index (χ2n) is 5.44. The van der Waals surface area contributed by atoms with E-state index in [2.05, 4.69) is 26.6 Å². The van der Waals surface area contributed by atoms with Crippen molar-refractivity contribution in [2.45, 2.75) is 19.0 Å². The zero-order valence-corrected chi connectivity index (χ0v) is 13.9. The molecule has 1 aliphatic heterocycles. The minimum atomic E-state index is -1.31. The first-order chi connectivity index (χ1) is 10.9. The van der Waals surface area contributed by atoms with Crippen LogP contribution in [-0.4, -0.2) is 16.5 Å². The molecule has 3 amide bonds. The molecule has 7 heteroatoms. The molecular formula is C16H14BrN3O3. The molecule has 2 heterocycles. The molecular weight excluding hydrogens is 362 g/mol. The largest absolute Gasteiger partial charge is 0.322 e. The van der Waals surface area contributed by atoms with Gasteiger partial charge in [-0.25, -0.2) is 4.79 Å². The highest BCUT2D eigenvalue weighted by Gasteiger charge is 2.48. The summed E-state index contributed by atoms with van der Waals surface area (Å²) in [7, 11) is 0. The molecule has 23 heavy (non-hydrogen) atoms. The van der Waals surface area contributed by atoms with Crippen LogP contribution >= 0.6 is 15.9 Å². The van der Waals surface area contributed by atoms with Crippen LogP contribution in [-0.2, 0) is 16.9 Å². The number of rotatable bonds is 3. The van der Waals surface area contributed by atoms with E-state index in [9.17, 15) is 14.4 Å². The van der Waals surface area contributed by atoms with Crippen LogP contribution in [0.25, 0.3) is 0 Å². The van der Waals surface area contributed by atoms with Crippen molar-refractivity contribution in [3.05, 3.63) is 68.5 Å². The number of hydrogen-bond acceptors (Lipinski definition) is 3. The monoisotopic (exact) mass is 375 g/mol. The lowest BCUT2D eigenvalue weighted by atomic mass is 9.89. The molecule has 1 unspecified atom stereocenters. The minimum Gasteiger partial charge on any atom is -0.318 e. The van der Waals surface area contributed by atoms with Gasteiger partial charge in [-0.3, -0.25) is 14.9 Å². The lowest BCUT2D eigenvalue weighted by Crippen LogP contribution is -2.49. The number of pyridine rings is 1. The van der Waals surface area contributed by atoms with Gasteiger partial charge in [-0.1, -0.05) is 34.1 Å². The van der Waals surface area contributed by atoms with Gasteiger partial charge >= 0.3 is 6.03 Å². The highest BCUT2D eigenvalue weighted by molar-refractivity contribution is 9.10. The van der Waals surface area contributed by atoms with Gasteiger partial charge in [-0.2, -0.15) is 0 Å². The van der Waals surface area contributed by atoms with Crippen molar-refractivity contribution in [1.29, 1.82) is 0 Å². The average Bonchev–Trinajstić information content (AvgIpc) is 2.79. The first-order valence-electron chi connectivity index (χ1n) is 6.98. The van der Waals surface area contributed by atoms with Crippen LogP contribution in [0.2, 0.25) is 0 Å². The zero-order chi connectivity index (χ0) is 16.6. The molecule has 0 saturated carbocycles. The Labute approximate surface area is 140 Å². The van der Waals surface area contributed by atoms with Gasteiger partial charge in [0, 0.05) is 16.2 Å². The van der Waals surface area contributed by atoms with Crippen molar-refractivity contribution < 1.29 is 9.59 Å². The number of nitrogens with one attached hydrogen (secondary N) is 2. The molecule has 1 aromatic carbocycles. The summed E-state index contributed by atoms with van der Waals surface area (Å²) in [6.45, 7) is 1.73. The summed E-state index contributed by atoms with van der Waals surface area (Å²) in [6, 6.07) is 9.94.